The Labute approximate surface area is 241 Å². The van der Waals surface area contributed by atoms with Crippen LogP contribution in [0.1, 0.15) is 78.1 Å². The highest BCUT2D eigenvalue weighted by molar-refractivity contribution is 7.99. The van der Waals surface area contributed by atoms with Crippen LogP contribution in [0, 0.1) is 11.3 Å². The SMILES string of the molecule is CC1(C)c2cc(-c3ccc(C#N)cc3)ccc2Sc2ccc(C3c4ccccc4C(C)(C)c4ccccc43)cc21. The molecule has 1 heterocycles. The molecule has 5 aromatic rings. The Bertz CT molecular complexity index is 1790. The van der Waals surface area contributed by atoms with E-state index in [2.05, 4.69) is 131 Å². The highest BCUT2D eigenvalue weighted by Gasteiger charge is 2.39. The minimum atomic E-state index is -0.151. The van der Waals surface area contributed by atoms with Gasteiger partial charge in [-0.1, -0.05) is 118 Å². The molecular formula is C38H31NS. The largest absolute Gasteiger partial charge is 0.192 e. The van der Waals surface area contributed by atoms with Crippen LogP contribution >= 0.6 is 11.8 Å². The zero-order chi connectivity index (χ0) is 27.6. The molecule has 0 N–H and O–H groups in total. The van der Waals surface area contributed by atoms with Gasteiger partial charge in [0.15, 0.2) is 0 Å². The first-order valence-corrected chi connectivity index (χ1v) is 14.8. The number of fused-ring (bicyclic) bond motifs is 4. The van der Waals surface area contributed by atoms with Gasteiger partial charge in [-0.05, 0) is 80.4 Å². The van der Waals surface area contributed by atoms with E-state index in [4.69, 9.17) is 0 Å². The van der Waals surface area contributed by atoms with Crippen molar-refractivity contribution in [2.45, 2.75) is 54.2 Å². The van der Waals surface area contributed by atoms with Crippen LogP contribution in [0.5, 0.6) is 0 Å². The highest BCUT2D eigenvalue weighted by atomic mass is 32.2. The van der Waals surface area contributed by atoms with Crippen molar-refractivity contribution in [1.82, 2.24) is 0 Å². The van der Waals surface area contributed by atoms with Gasteiger partial charge in [-0.2, -0.15) is 5.26 Å². The molecule has 0 radical (unpaired) electrons. The molecule has 2 heteroatoms. The van der Waals surface area contributed by atoms with E-state index in [1.54, 1.807) is 0 Å². The molecule has 0 unspecified atom stereocenters. The summed E-state index contributed by atoms with van der Waals surface area (Å²) in [6.07, 6.45) is 0. The van der Waals surface area contributed by atoms with Gasteiger partial charge in [0, 0.05) is 26.5 Å². The summed E-state index contributed by atoms with van der Waals surface area (Å²) in [5.74, 6) is 0.206. The summed E-state index contributed by atoms with van der Waals surface area (Å²) >= 11 is 1.88. The second-order valence-electron chi connectivity index (χ2n) is 12.1. The van der Waals surface area contributed by atoms with Crippen molar-refractivity contribution in [2.24, 2.45) is 0 Å². The average molecular weight is 534 g/mol. The number of hydrogen-bond acceptors (Lipinski definition) is 2. The Morgan fingerprint density at radius 1 is 0.575 bits per heavy atom. The third kappa shape index (κ3) is 3.69. The lowest BCUT2D eigenvalue weighted by molar-refractivity contribution is 0.592. The Morgan fingerprint density at radius 3 is 1.73 bits per heavy atom. The maximum absolute atomic E-state index is 9.22. The van der Waals surface area contributed by atoms with Crippen LogP contribution in [0.15, 0.2) is 119 Å². The first-order valence-electron chi connectivity index (χ1n) is 14.0. The molecule has 0 saturated carbocycles. The van der Waals surface area contributed by atoms with Crippen molar-refractivity contribution in [3.05, 3.63) is 154 Å². The van der Waals surface area contributed by atoms with Crippen LogP contribution in [-0.4, -0.2) is 0 Å². The summed E-state index contributed by atoms with van der Waals surface area (Å²) in [5.41, 5.74) is 12.6. The van der Waals surface area contributed by atoms with Crippen LogP contribution in [-0.2, 0) is 10.8 Å². The Morgan fingerprint density at radius 2 is 1.10 bits per heavy atom. The zero-order valence-electron chi connectivity index (χ0n) is 23.3. The monoisotopic (exact) mass is 533 g/mol. The molecule has 0 aromatic heterocycles. The van der Waals surface area contributed by atoms with E-state index in [0.29, 0.717) is 5.56 Å². The van der Waals surface area contributed by atoms with Crippen LogP contribution < -0.4 is 0 Å². The first kappa shape index (κ1) is 24.9. The molecular weight excluding hydrogens is 502 g/mol. The van der Waals surface area contributed by atoms with Gasteiger partial charge in [-0.3, -0.25) is 0 Å². The molecule has 40 heavy (non-hydrogen) atoms. The Balaban J connectivity index is 1.36. The van der Waals surface area contributed by atoms with Gasteiger partial charge in [0.2, 0.25) is 0 Å². The fraction of sp³-hybridized carbons (Fsp3) is 0.184. The summed E-state index contributed by atoms with van der Waals surface area (Å²) in [6, 6.07) is 42.2. The lowest BCUT2D eigenvalue weighted by Crippen LogP contribution is -2.30. The zero-order valence-corrected chi connectivity index (χ0v) is 24.1. The maximum Gasteiger partial charge on any atom is 0.0991 e. The van der Waals surface area contributed by atoms with Crippen LogP contribution in [0.25, 0.3) is 11.1 Å². The van der Waals surface area contributed by atoms with Crippen LogP contribution in [0.4, 0.5) is 0 Å². The van der Waals surface area contributed by atoms with E-state index in [1.165, 1.54) is 54.3 Å². The predicted octanol–water partition coefficient (Wildman–Crippen LogP) is 9.84. The molecule has 0 saturated heterocycles. The maximum atomic E-state index is 9.22. The molecule has 0 amide bonds. The van der Waals surface area contributed by atoms with Crippen molar-refractivity contribution in [3.63, 3.8) is 0 Å². The van der Waals surface area contributed by atoms with Gasteiger partial charge in [-0.15, -0.1) is 0 Å². The number of benzene rings is 5. The van der Waals surface area contributed by atoms with Crippen molar-refractivity contribution in [2.75, 3.05) is 0 Å². The molecule has 5 aromatic carbocycles. The van der Waals surface area contributed by atoms with E-state index < -0.39 is 0 Å². The predicted molar refractivity (Wildman–Crippen MR) is 165 cm³/mol. The normalized spacial score (nSPS) is 16.2. The second kappa shape index (κ2) is 8.98. The lowest BCUT2D eigenvalue weighted by atomic mass is 9.63. The molecule has 194 valence electrons. The van der Waals surface area contributed by atoms with E-state index >= 15 is 0 Å². The van der Waals surface area contributed by atoms with Crippen molar-refractivity contribution in [3.8, 4) is 17.2 Å². The molecule has 2 aliphatic rings. The minimum absolute atomic E-state index is 0.0339. The minimum Gasteiger partial charge on any atom is -0.192 e. The fourth-order valence-corrected chi connectivity index (χ4v) is 8.26. The molecule has 1 aliphatic carbocycles. The summed E-state index contributed by atoms with van der Waals surface area (Å²) < 4.78 is 0. The Kier molecular flexibility index (Phi) is 5.60. The molecule has 0 bridgehead atoms. The van der Waals surface area contributed by atoms with E-state index in [0.717, 1.165) is 5.56 Å². The first-order chi connectivity index (χ1) is 19.3. The van der Waals surface area contributed by atoms with Crippen LogP contribution in [0.3, 0.4) is 0 Å². The fourth-order valence-electron chi connectivity index (χ4n) is 6.90. The van der Waals surface area contributed by atoms with Crippen LogP contribution in [0.2, 0.25) is 0 Å². The summed E-state index contributed by atoms with van der Waals surface area (Å²) in [5, 5.41) is 9.22. The number of hydrogen-bond donors (Lipinski definition) is 0. The molecule has 7 rings (SSSR count). The average Bonchev–Trinajstić information content (AvgIpc) is 2.98. The molecule has 1 aliphatic heterocycles. The summed E-state index contributed by atoms with van der Waals surface area (Å²) in [4.78, 5) is 2.66. The topological polar surface area (TPSA) is 23.8 Å². The third-order valence-corrected chi connectivity index (χ3v) is 10.3. The second-order valence-corrected chi connectivity index (χ2v) is 13.2. The molecule has 0 fully saturated rings. The van der Waals surface area contributed by atoms with E-state index in [-0.39, 0.29) is 16.7 Å². The smallest absolute Gasteiger partial charge is 0.0991 e. The quantitative estimate of drug-likeness (QED) is 0.225. The van der Waals surface area contributed by atoms with Gasteiger partial charge in [0.05, 0.1) is 11.6 Å². The third-order valence-electron chi connectivity index (χ3n) is 9.12. The van der Waals surface area contributed by atoms with E-state index in [9.17, 15) is 5.26 Å². The lowest BCUT2D eigenvalue weighted by Gasteiger charge is -2.40. The van der Waals surface area contributed by atoms with Gasteiger partial charge >= 0.3 is 0 Å². The number of rotatable bonds is 2. The van der Waals surface area contributed by atoms with Crippen molar-refractivity contribution in [1.29, 1.82) is 5.26 Å². The number of nitrogens with zero attached hydrogens (tertiary/aromatic N) is 1. The molecule has 1 nitrogen and oxygen atoms in total. The standard InChI is InChI=1S/C38H31NS/c1-37(2)30-11-7-5-9-28(30)36(29-10-6-8-12-31(29)37)27-18-20-35-33(22-27)38(3,4)32-21-26(17-19-34(32)40-35)25-15-13-24(23-39)14-16-25/h5-22,36H,1-4H3. The van der Waals surface area contributed by atoms with Gasteiger partial charge in [0.25, 0.3) is 0 Å². The highest BCUT2D eigenvalue weighted by Crippen LogP contribution is 2.53. The summed E-state index contributed by atoms with van der Waals surface area (Å²) in [6.45, 7) is 9.44. The van der Waals surface area contributed by atoms with Crippen molar-refractivity contribution < 1.29 is 0 Å². The Hall–Kier alpha value is -4.06. The van der Waals surface area contributed by atoms with Gasteiger partial charge in [-0.25, -0.2) is 0 Å². The number of nitriles is 1. The molecule has 0 spiro atoms. The van der Waals surface area contributed by atoms with Gasteiger partial charge in [0.1, 0.15) is 0 Å². The van der Waals surface area contributed by atoms with Gasteiger partial charge < -0.3 is 0 Å². The van der Waals surface area contributed by atoms with E-state index in [1.807, 2.05) is 23.9 Å². The molecule has 0 atom stereocenters. The van der Waals surface area contributed by atoms with Crippen molar-refractivity contribution >= 4 is 11.8 Å². The summed E-state index contributed by atoms with van der Waals surface area (Å²) in [7, 11) is 0.